The van der Waals surface area contributed by atoms with E-state index in [4.69, 9.17) is 26.4 Å². The zero-order valence-electron chi connectivity index (χ0n) is 10.2. The van der Waals surface area contributed by atoms with E-state index < -0.39 is 19.2 Å². The van der Waals surface area contributed by atoms with Gasteiger partial charge in [0.2, 0.25) is 0 Å². The van der Waals surface area contributed by atoms with E-state index in [-0.39, 0.29) is 23.8 Å². The first kappa shape index (κ1) is 15.6. The molecule has 0 fully saturated rings. The summed E-state index contributed by atoms with van der Waals surface area (Å²) < 4.78 is 36.3. The first-order valence-electron chi connectivity index (χ1n) is 5.54. The molecule has 0 aromatic heterocycles. The summed E-state index contributed by atoms with van der Waals surface area (Å²) in [5, 5.41) is 0.242. The van der Waals surface area contributed by atoms with E-state index in [2.05, 4.69) is 0 Å². The van der Waals surface area contributed by atoms with Crippen LogP contribution in [0.4, 0.5) is 4.39 Å². The maximum atomic E-state index is 13.7. The normalized spacial score (nSPS) is 13.6. The van der Waals surface area contributed by atoms with Crippen molar-refractivity contribution in [1.29, 1.82) is 0 Å². The standard InChI is InChI=1S/C11H16ClFNO3P/c1-3-16-18(15,17-4-2)11(14)9-6-5-8(12)7-10(9)13/h5-7,11H,3-4,14H2,1-2H3/t11-/m0/s1. The predicted molar refractivity (Wildman–Crippen MR) is 69.2 cm³/mol. The van der Waals surface area contributed by atoms with E-state index in [1.54, 1.807) is 13.8 Å². The SMILES string of the molecule is CCOP(=O)(OCC)[C@H](N)c1ccc(Cl)cc1F. The van der Waals surface area contributed by atoms with Crippen molar-refractivity contribution in [2.24, 2.45) is 5.73 Å². The average molecular weight is 296 g/mol. The maximum absolute atomic E-state index is 13.7. The minimum atomic E-state index is -3.58. The van der Waals surface area contributed by atoms with Crippen molar-refractivity contribution in [2.75, 3.05) is 13.2 Å². The van der Waals surface area contributed by atoms with Crippen molar-refractivity contribution >= 4 is 19.2 Å². The van der Waals surface area contributed by atoms with Crippen molar-refractivity contribution in [3.05, 3.63) is 34.6 Å². The van der Waals surface area contributed by atoms with Crippen LogP contribution in [0.3, 0.4) is 0 Å². The third-order valence-electron chi connectivity index (χ3n) is 2.24. The minimum absolute atomic E-state index is 0.0598. The van der Waals surface area contributed by atoms with Crippen LogP contribution in [-0.4, -0.2) is 13.2 Å². The highest BCUT2D eigenvalue weighted by molar-refractivity contribution is 7.54. The van der Waals surface area contributed by atoms with Gasteiger partial charge in [-0.3, -0.25) is 4.57 Å². The van der Waals surface area contributed by atoms with Crippen LogP contribution in [0.5, 0.6) is 0 Å². The number of nitrogens with two attached hydrogens (primary N) is 1. The molecule has 102 valence electrons. The molecule has 0 amide bonds. The lowest BCUT2D eigenvalue weighted by molar-refractivity contribution is 0.212. The molecule has 0 heterocycles. The van der Waals surface area contributed by atoms with Gasteiger partial charge in [-0.15, -0.1) is 0 Å². The third kappa shape index (κ3) is 3.53. The van der Waals surface area contributed by atoms with Crippen molar-refractivity contribution in [1.82, 2.24) is 0 Å². The highest BCUT2D eigenvalue weighted by Crippen LogP contribution is 2.58. The van der Waals surface area contributed by atoms with Crippen LogP contribution in [0, 0.1) is 5.82 Å². The van der Waals surface area contributed by atoms with E-state index in [1.807, 2.05) is 0 Å². The molecule has 0 aliphatic heterocycles. The Morgan fingerprint density at radius 2 is 1.94 bits per heavy atom. The molecule has 1 aromatic rings. The molecule has 1 atom stereocenters. The van der Waals surface area contributed by atoms with Gasteiger partial charge in [0.1, 0.15) is 11.6 Å². The first-order valence-corrected chi connectivity index (χ1v) is 7.53. The second-order valence-electron chi connectivity index (χ2n) is 3.49. The molecule has 1 aromatic carbocycles. The molecule has 0 bridgehead atoms. The molecular weight excluding hydrogens is 280 g/mol. The van der Waals surface area contributed by atoms with E-state index >= 15 is 0 Å². The summed E-state index contributed by atoms with van der Waals surface area (Å²) in [4.78, 5) is 0. The first-order chi connectivity index (χ1) is 8.44. The average Bonchev–Trinajstić information content (AvgIpc) is 2.29. The monoisotopic (exact) mass is 295 g/mol. The van der Waals surface area contributed by atoms with Crippen LogP contribution < -0.4 is 5.73 Å². The topological polar surface area (TPSA) is 61.5 Å². The van der Waals surface area contributed by atoms with Crippen LogP contribution in [0.1, 0.15) is 25.2 Å². The Bertz CT molecular complexity index is 448. The zero-order valence-corrected chi connectivity index (χ0v) is 11.9. The van der Waals surface area contributed by atoms with E-state index in [9.17, 15) is 8.96 Å². The number of hydrogen-bond acceptors (Lipinski definition) is 4. The van der Waals surface area contributed by atoms with Gasteiger partial charge in [0, 0.05) is 10.6 Å². The number of hydrogen-bond donors (Lipinski definition) is 1. The summed E-state index contributed by atoms with van der Waals surface area (Å²) in [6.45, 7) is 3.66. The summed E-state index contributed by atoms with van der Waals surface area (Å²) in [7, 11) is -3.58. The summed E-state index contributed by atoms with van der Waals surface area (Å²) in [6, 6.07) is 3.97. The Morgan fingerprint density at radius 3 is 2.39 bits per heavy atom. The fraction of sp³-hybridized carbons (Fsp3) is 0.455. The molecular formula is C11H16ClFNO3P. The smallest absolute Gasteiger partial charge is 0.314 e. The van der Waals surface area contributed by atoms with Crippen LogP contribution in [0.2, 0.25) is 5.02 Å². The Morgan fingerprint density at radius 1 is 1.39 bits per heavy atom. The van der Waals surface area contributed by atoms with Crippen LogP contribution in [0.15, 0.2) is 18.2 Å². The second kappa shape index (κ2) is 6.64. The summed E-state index contributed by atoms with van der Waals surface area (Å²) in [5.74, 6) is -1.80. The molecule has 0 aliphatic rings. The highest BCUT2D eigenvalue weighted by atomic mass is 35.5. The van der Waals surface area contributed by atoms with Gasteiger partial charge in [0.15, 0.2) is 0 Å². The molecule has 0 spiro atoms. The fourth-order valence-corrected chi connectivity index (χ4v) is 3.29. The summed E-state index contributed by atoms with van der Waals surface area (Å²) in [6.07, 6.45) is 0. The van der Waals surface area contributed by atoms with E-state index in [0.717, 1.165) is 6.07 Å². The van der Waals surface area contributed by atoms with Gasteiger partial charge < -0.3 is 14.8 Å². The van der Waals surface area contributed by atoms with Gasteiger partial charge >= 0.3 is 7.60 Å². The molecule has 4 nitrogen and oxygen atoms in total. The Kier molecular flexibility index (Phi) is 5.76. The molecule has 2 N–H and O–H groups in total. The lowest BCUT2D eigenvalue weighted by Crippen LogP contribution is -2.16. The van der Waals surface area contributed by atoms with Crippen molar-refractivity contribution in [2.45, 2.75) is 19.6 Å². The van der Waals surface area contributed by atoms with Gasteiger partial charge in [-0.05, 0) is 26.0 Å². The molecule has 0 radical (unpaired) electrons. The van der Waals surface area contributed by atoms with Gasteiger partial charge in [-0.25, -0.2) is 4.39 Å². The van der Waals surface area contributed by atoms with Crippen LogP contribution in [0.25, 0.3) is 0 Å². The van der Waals surface area contributed by atoms with Crippen LogP contribution in [-0.2, 0) is 13.6 Å². The number of halogens is 2. The van der Waals surface area contributed by atoms with Gasteiger partial charge in [-0.1, -0.05) is 17.7 Å². The molecule has 1 rings (SSSR count). The number of rotatable bonds is 6. The molecule has 0 saturated heterocycles. The molecule has 0 unspecified atom stereocenters. The lowest BCUT2D eigenvalue weighted by Gasteiger charge is -2.23. The molecule has 18 heavy (non-hydrogen) atoms. The van der Waals surface area contributed by atoms with Gasteiger partial charge in [0.05, 0.1) is 13.2 Å². The Hall–Kier alpha value is -0.450. The van der Waals surface area contributed by atoms with E-state index in [0.29, 0.717) is 0 Å². The van der Waals surface area contributed by atoms with Crippen molar-refractivity contribution in [3.63, 3.8) is 0 Å². The van der Waals surface area contributed by atoms with Crippen molar-refractivity contribution < 1.29 is 18.0 Å². The predicted octanol–water partition coefficient (Wildman–Crippen LogP) is 3.70. The lowest BCUT2D eigenvalue weighted by atomic mass is 10.2. The van der Waals surface area contributed by atoms with Crippen molar-refractivity contribution in [3.8, 4) is 0 Å². The highest BCUT2D eigenvalue weighted by Gasteiger charge is 2.35. The molecule has 0 aliphatic carbocycles. The molecule has 0 saturated carbocycles. The van der Waals surface area contributed by atoms with Gasteiger partial charge in [-0.2, -0.15) is 0 Å². The number of benzene rings is 1. The second-order valence-corrected chi connectivity index (χ2v) is 6.07. The zero-order chi connectivity index (χ0) is 13.8. The quantitative estimate of drug-likeness (QED) is 0.813. The Balaban J connectivity index is 3.09. The third-order valence-corrected chi connectivity index (χ3v) is 4.67. The minimum Gasteiger partial charge on any atom is -0.314 e. The Labute approximate surface area is 111 Å². The van der Waals surface area contributed by atoms with Crippen LogP contribution >= 0.6 is 19.2 Å². The fourth-order valence-electron chi connectivity index (χ4n) is 1.47. The summed E-state index contributed by atoms with van der Waals surface area (Å²) in [5.41, 5.74) is 5.86. The van der Waals surface area contributed by atoms with E-state index in [1.165, 1.54) is 12.1 Å². The largest absolute Gasteiger partial charge is 0.351 e. The molecule has 7 heteroatoms. The maximum Gasteiger partial charge on any atom is 0.351 e. The van der Waals surface area contributed by atoms with Gasteiger partial charge in [0.25, 0.3) is 0 Å². The summed E-state index contributed by atoms with van der Waals surface area (Å²) >= 11 is 5.65.